The molecule has 0 amide bonds. The Morgan fingerprint density at radius 3 is 2.38 bits per heavy atom. The Bertz CT molecular complexity index is 656. The molecule has 0 saturated heterocycles. The van der Waals surface area contributed by atoms with Crippen LogP contribution in [0.25, 0.3) is 0 Å². The van der Waals surface area contributed by atoms with E-state index in [-0.39, 0.29) is 5.41 Å². The van der Waals surface area contributed by atoms with E-state index in [9.17, 15) is 0 Å². The van der Waals surface area contributed by atoms with Gasteiger partial charge < -0.3 is 5.43 Å². The molecule has 0 atom stereocenters. The van der Waals surface area contributed by atoms with Gasteiger partial charge in [-0.1, -0.05) is 55.7 Å². The van der Waals surface area contributed by atoms with E-state index in [0.29, 0.717) is 15.9 Å². The monoisotopic (exact) mass is 342 g/mol. The quantitative estimate of drug-likeness (QED) is 0.487. The largest absolute Gasteiger partial charge is 0.308 e. The molecule has 0 aliphatic heterocycles. The summed E-state index contributed by atoms with van der Waals surface area (Å²) in [6, 6.07) is 7.26. The molecule has 0 unspecified atom stereocenters. The number of halogens is 2. The predicted molar refractivity (Wildman–Crippen MR) is 89.1 cm³/mol. The SMILES string of the molecule is CC(C)(C)c1nc(NN)cc(Sc2ccc(Cl)c(Cl)c2)n1. The van der Waals surface area contributed by atoms with Gasteiger partial charge in [-0.05, 0) is 18.2 Å². The van der Waals surface area contributed by atoms with Crippen molar-refractivity contribution in [2.75, 3.05) is 5.43 Å². The van der Waals surface area contributed by atoms with Gasteiger partial charge in [0.25, 0.3) is 0 Å². The van der Waals surface area contributed by atoms with Gasteiger partial charge in [0.2, 0.25) is 0 Å². The number of nitrogens with one attached hydrogen (secondary N) is 1. The van der Waals surface area contributed by atoms with Crippen molar-refractivity contribution < 1.29 is 0 Å². The number of anilines is 1. The first-order valence-electron chi connectivity index (χ1n) is 6.28. The van der Waals surface area contributed by atoms with E-state index in [1.54, 1.807) is 12.1 Å². The molecule has 112 valence electrons. The zero-order valence-electron chi connectivity index (χ0n) is 11.9. The summed E-state index contributed by atoms with van der Waals surface area (Å²) >= 11 is 13.4. The minimum atomic E-state index is -0.167. The highest BCUT2D eigenvalue weighted by molar-refractivity contribution is 7.99. The zero-order valence-corrected chi connectivity index (χ0v) is 14.3. The highest BCUT2D eigenvalue weighted by Crippen LogP contribution is 2.33. The summed E-state index contributed by atoms with van der Waals surface area (Å²) < 4.78 is 0. The molecule has 1 heterocycles. The van der Waals surface area contributed by atoms with Crippen LogP contribution in [0.4, 0.5) is 5.82 Å². The molecule has 4 nitrogen and oxygen atoms in total. The Balaban J connectivity index is 2.36. The Labute approximate surface area is 138 Å². The minimum absolute atomic E-state index is 0.167. The Morgan fingerprint density at radius 2 is 1.81 bits per heavy atom. The van der Waals surface area contributed by atoms with Crippen molar-refractivity contribution in [2.45, 2.75) is 36.1 Å². The second kappa shape index (κ2) is 6.40. The maximum Gasteiger partial charge on any atom is 0.144 e. The second-order valence-electron chi connectivity index (χ2n) is 5.49. The summed E-state index contributed by atoms with van der Waals surface area (Å²) in [7, 11) is 0. The molecule has 7 heteroatoms. The molecule has 0 aliphatic rings. The third kappa shape index (κ3) is 4.23. The Hall–Kier alpha value is -1.01. The molecule has 3 N–H and O–H groups in total. The van der Waals surface area contributed by atoms with Crippen LogP contribution in [0, 0.1) is 0 Å². The van der Waals surface area contributed by atoms with Gasteiger partial charge >= 0.3 is 0 Å². The van der Waals surface area contributed by atoms with E-state index in [2.05, 4.69) is 36.2 Å². The highest BCUT2D eigenvalue weighted by Gasteiger charge is 2.19. The Morgan fingerprint density at radius 1 is 1.10 bits per heavy atom. The Kier molecular flexibility index (Phi) is 4.99. The topological polar surface area (TPSA) is 63.8 Å². The van der Waals surface area contributed by atoms with Gasteiger partial charge in [0.15, 0.2) is 0 Å². The highest BCUT2D eigenvalue weighted by atomic mass is 35.5. The maximum atomic E-state index is 6.03. The molecule has 0 fully saturated rings. The lowest BCUT2D eigenvalue weighted by molar-refractivity contribution is 0.539. The summed E-state index contributed by atoms with van der Waals surface area (Å²) in [5.74, 6) is 6.78. The standard InChI is InChI=1S/C14H16Cl2N4S/c1-14(2,3)13-18-11(20-17)7-12(19-13)21-8-4-5-9(15)10(16)6-8/h4-7H,17H2,1-3H3,(H,18,19,20). The van der Waals surface area contributed by atoms with E-state index in [1.165, 1.54) is 11.8 Å². The molecule has 0 radical (unpaired) electrons. The number of nitrogen functional groups attached to an aromatic ring is 1. The second-order valence-corrected chi connectivity index (χ2v) is 7.40. The van der Waals surface area contributed by atoms with Crippen LogP contribution in [0.2, 0.25) is 10.0 Å². The van der Waals surface area contributed by atoms with E-state index < -0.39 is 0 Å². The van der Waals surface area contributed by atoms with Crippen LogP contribution in [0.15, 0.2) is 34.2 Å². The molecule has 2 rings (SSSR count). The first kappa shape index (κ1) is 16.4. The van der Waals surface area contributed by atoms with Gasteiger partial charge in [-0.25, -0.2) is 15.8 Å². The van der Waals surface area contributed by atoms with Crippen LogP contribution in [-0.2, 0) is 5.41 Å². The maximum absolute atomic E-state index is 6.03. The van der Waals surface area contributed by atoms with E-state index >= 15 is 0 Å². The molecule has 21 heavy (non-hydrogen) atoms. The molecular formula is C14H16Cl2N4S. The normalized spacial score (nSPS) is 11.5. The number of benzene rings is 1. The van der Waals surface area contributed by atoms with Gasteiger partial charge in [0, 0.05) is 16.4 Å². The molecule has 0 saturated carbocycles. The first-order chi connectivity index (χ1) is 9.79. The van der Waals surface area contributed by atoms with E-state index in [1.807, 2.05) is 12.1 Å². The number of aromatic nitrogens is 2. The van der Waals surface area contributed by atoms with Crippen LogP contribution < -0.4 is 11.3 Å². The average Bonchev–Trinajstić information content (AvgIpc) is 2.41. The lowest BCUT2D eigenvalue weighted by Gasteiger charge is -2.18. The van der Waals surface area contributed by atoms with E-state index in [4.69, 9.17) is 29.0 Å². The summed E-state index contributed by atoms with van der Waals surface area (Å²) in [4.78, 5) is 9.92. The predicted octanol–water partition coefficient (Wildman–Crippen LogP) is 4.52. The fourth-order valence-electron chi connectivity index (χ4n) is 1.55. The zero-order chi connectivity index (χ0) is 15.6. The van der Waals surface area contributed by atoms with Crippen molar-refractivity contribution >= 4 is 40.8 Å². The third-order valence-electron chi connectivity index (χ3n) is 2.63. The van der Waals surface area contributed by atoms with Gasteiger partial charge in [0.1, 0.15) is 16.7 Å². The fourth-order valence-corrected chi connectivity index (χ4v) is 2.77. The van der Waals surface area contributed by atoms with Gasteiger partial charge in [-0.3, -0.25) is 0 Å². The van der Waals surface area contributed by atoms with Crippen LogP contribution in [-0.4, -0.2) is 9.97 Å². The molecule has 0 aliphatic carbocycles. The lowest BCUT2D eigenvalue weighted by atomic mass is 9.96. The van der Waals surface area contributed by atoms with Crippen molar-refractivity contribution in [1.82, 2.24) is 9.97 Å². The number of nitrogens with zero attached hydrogens (tertiary/aromatic N) is 2. The molecule has 0 spiro atoms. The minimum Gasteiger partial charge on any atom is -0.308 e. The molecule has 2 aromatic rings. The van der Waals surface area contributed by atoms with Crippen LogP contribution in [0.1, 0.15) is 26.6 Å². The van der Waals surface area contributed by atoms with Gasteiger partial charge in [-0.15, -0.1) is 0 Å². The van der Waals surface area contributed by atoms with E-state index in [0.717, 1.165) is 15.7 Å². The fraction of sp³-hybridized carbons (Fsp3) is 0.286. The van der Waals surface area contributed by atoms with Crippen LogP contribution in [0.5, 0.6) is 0 Å². The first-order valence-corrected chi connectivity index (χ1v) is 7.86. The average molecular weight is 343 g/mol. The molecular weight excluding hydrogens is 327 g/mol. The number of rotatable bonds is 3. The van der Waals surface area contributed by atoms with Crippen molar-refractivity contribution in [2.24, 2.45) is 5.84 Å². The smallest absolute Gasteiger partial charge is 0.144 e. The summed E-state index contributed by atoms with van der Waals surface area (Å²) in [5.41, 5.74) is 2.41. The summed E-state index contributed by atoms with van der Waals surface area (Å²) in [6.45, 7) is 6.16. The summed E-state index contributed by atoms with van der Waals surface area (Å²) in [5, 5.41) is 1.84. The van der Waals surface area contributed by atoms with Crippen molar-refractivity contribution in [3.63, 3.8) is 0 Å². The van der Waals surface area contributed by atoms with Crippen LogP contribution in [0.3, 0.4) is 0 Å². The van der Waals surface area contributed by atoms with Gasteiger partial charge in [0.05, 0.1) is 10.0 Å². The van der Waals surface area contributed by atoms with Crippen molar-refractivity contribution in [3.05, 3.63) is 40.1 Å². The molecule has 0 bridgehead atoms. The van der Waals surface area contributed by atoms with Crippen LogP contribution >= 0.6 is 35.0 Å². The summed E-state index contributed by atoms with van der Waals surface area (Å²) in [6.07, 6.45) is 0. The molecule has 1 aromatic heterocycles. The van der Waals surface area contributed by atoms with Crippen molar-refractivity contribution in [3.8, 4) is 0 Å². The number of hydrogen-bond acceptors (Lipinski definition) is 5. The third-order valence-corrected chi connectivity index (χ3v) is 4.28. The number of nitrogens with two attached hydrogens (primary N) is 1. The molecule has 1 aromatic carbocycles. The number of hydrazine groups is 1. The number of hydrogen-bond donors (Lipinski definition) is 2. The van der Waals surface area contributed by atoms with Gasteiger partial charge in [-0.2, -0.15) is 0 Å². The van der Waals surface area contributed by atoms with Crippen molar-refractivity contribution in [1.29, 1.82) is 0 Å². The lowest BCUT2D eigenvalue weighted by Crippen LogP contribution is -2.19.